The number of nitrogens with zero attached hydrogens (tertiary/aromatic N) is 1. The van der Waals surface area contributed by atoms with Crippen LogP contribution in [0.5, 0.6) is 0 Å². The van der Waals surface area contributed by atoms with Gasteiger partial charge in [-0.15, -0.1) is 0 Å². The molecule has 2 atom stereocenters. The Bertz CT molecular complexity index is 1290. The maximum atomic E-state index is 12.8. The molecule has 0 saturated heterocycles. The fourth-order valence-electron chi connectivity index (χ4n) is 10.1. The molecule has 0 aromatic heterocycles. The van der Waals surface area contributed by atoms with Crippen molar-refractivity contribution in [1.29, 1.82) is 0 Å². The van der Waals surface area contributed by atoms with Gasteiger partial charge in [0.05, 0.1) is 27.7 Å². The van der Waals surface area contributed by atoms with Crippen LogP contribution in [0.25, 0.3) is 0 Å². The van der Waals surface area contributed by atoms with Crippen molar-refractivity contribution in [2.45, 2.75) is 354 Å². The third-order valence-electron chi connectivity index (χ3n) is 15.3. The van der Waals surface area contributed by atoms with Gasteiger partial charge in [0.1, 0.15) is 19.8 Å². The molecule has 0 amide bonds. The number of ether oxygens (including phenoxy) is 2. The lowest BCUT2D eigenvalue weighted by Crippen LogP contribution is -2.37. The van der Waals surface area contributed by atoms with Crippen LogP contribution in [-0.4, -0.2) is 74.9 Å². The van der Waals surface area contributed by atoms with E-state index in [9.17, 15) is 19.0 Å². The maximum absolute atomic E-state index is 12.8. The molecule has 452 valence electrons. The highest BCUT2D eigenvalue weighted by molar-refractivity contribution is 7.47. The van der Waals surface area contributed by atoms with Crippen LogP contribution in [-0.2, 0) is 32.7 Å². The van der Waals surface area contributed by atoms with E-state index in [1.54, 1.807) is 0 Å². The second-order valence-corrected chi connectivity index (χ2v) is 25.7. The summed E-state index contributed by atoms with van der Waals surface area (Å²) in [6, 6.07) is 0. The summed E-state index contributed by atoms with van der Waals surface area (Å²) in [4.78, 5) is 35.7. The first-order valence-electron chi connectivity index (χ1n) is 33.4. The minimum Gasteiger partial charge on any atom is -0.462 e. The molecule has 0 spiro atoms. The average Bonchev–Trinajstić information content (AvgIpc) is 3.38. The van der Waals surface area contributed by atoms with Crippen LogP contribution in [0.1, 0.15) is 348 Å². The highest BCUT2D eigenvalue weighted by Crippen LogP contribution is 2.43. The molecule has 0 radical (unpaired) electrons. The Morgan fingerprint density at radius 3 is 0.974 bits per heavy atom. The zero-order chi connectivity index (χ0) is 55.6. The van der Waals surface area contributed by atoms with Crippen LogP contribution >= 0.6 is 7.82 Å². The van der Waals surface area contributed by atoms with Gasteiger partial charge in [-0.2, -0.15) is 0 Å². The van der Waals surface area contributed by atoms with Crippen molar-refractivity contribution < 1.29 is 42.1 Å². The van der Waals surface area contributed by atoms with Crippen molar-refractivity contribution >= 4 is 19.8 Å². The van der Waals surface area contributed by atoms with E-state index in [1.807, 2.05) is 21.1 Å². The molecule has 10 heteroatoms. The van der Waals surface area contributed by atoms with Crippen LogP contribution in [0.3, 0.4) is 0 Å². The van der Waals surface area contributed by atoms with Gasteiger partial charge in [0, 0.05) is 12.8 Å². The van der Waals surface area contributed by atoms with Crippen molar-refractivity contribution in [2.24, 2.45) is 0 Å². The molecule has 9 nitrogen and oxygen atoms in total. The van der Waals surface area contributed by atoms with Crippen molar-refractivity contribution in [3.05, 3.63) is 12.2 Å². The fourth-order valence-corrected chi connectivity index (χ4v) is 10.9. The Kier molecular flexibility index (Phi) is 57.4. The molecule has 0 fully saturated rings. The Morgan fingerprint density at radius 1 is 0.395 bits per heavy atom. The van der Waals surface area contributed by atoms with Gasteiger partial charge in [-0.25, -0.2) is 4.57 Å². The highest BCUT2D eigenvalue weighted by atomic mass is 31.2. The number of phosphoric ester groups is 1. The summed E-state index contributed by atoms with van der Waals surface area (Å²) in [6.07, 6.45) is 70.3. The largest absolute Gasteiger partial charge is 0.472 e. The van der Waals surface area contributed by atoms with E-state index >= 15 is 0 Å². The minimum absolute atomic E-state index is 0.0367. The lowest BCUT2D eigenvalue weighted by Gasteiger charge is -2.24. The number of unbranched alkanes of at least 4 members (excludes halogenated alkanes) is 47. The Labute approximate surface area is 473 Å². The molecule has 76 heavy (non-hydrogen) atoms. The second kappa shape index (κ2) is 58.4. The van der Waals surface area contributed by atoms with Gasteiger partial charge >= 0.3 is 19.8 Å². The van der Waals surface area contributed by atoms with E-state index in [0.29, 0.717) is 17.4 Å². The van der Waals surface area contributed by atoms with Gasteiger partial charge in [-0.05, 0) is 38.5 Å². The van der Waals surface area contributed by atoms with Gasteiger partial charge < -0.3 is 18.9 Å². The normalized spacial score (nSPS) is 13.2. The van der Waals surface area contributed by atoms with Crippen molar-refractivity contribution in [3.8, 4) is 0 Å². The second-order valence-electron chi connectivity index (χ2n) is 24.2. The lowest BCUT2D eigenvalue weighted by molar-refractivity contribution is -0.870. The SMILES string of the molecule is CCCCCCCCCC/C=C\CCCCCCCCCCCCCCCCCCCCCCCCCC(=O)OC(COC(=O)CCCCCCCCCCCCCCCCCCC)COP(=O)(O)OCC[N+](C)(C)C. The summed E-state index contributed by atoms with van der Waals surface area (Å²) < 4.78 is 34.7. The van der Waals surface area contributed by atoms with E-state index < -0.39 is 26.5 Å². The number of likely N-dealkylation sites (N-methyl/N-ethyl adjacent to an activating group) is 1. The fraction of sp³-hybridized carbons (Fsp3) is 0.939. The number of quaternary nitrogens is 1. The zero-order valence-electron chi connectivity index (χ0n) is 51.5. The maximum Gasteiger partial charge on any atom is 0.472 e. The molecule has 0 aliphatic carbocycles. The molecule has 0 heterocycles. The number of hydrogen-bond donors (Lipinski definition) is 1. The smallest absolute Gasteiger partial charge is 0.462 e. The number of hydrogen-bond acceptors (Lipinski definition) is 7. The van der Waals surface area contributed by atoms with E-state index in [-0.39, 0.29) is 25.6 Å². The molecular formula is C66H131NO8P+. The zero-order valence-corrected chi connectivity index (χ0v) is 52.4. The van der Waals surface area contributed by atoms with Crippen LogP contribution in [0, 0.1) is 0 Å². The van der Waals surface area contributed by atoms with E-state index in [2.05, 4.69) is 26.0 Å². The van der Waals surface area contributed by atoms with Gasteiger partial charge in [0.2, 0.25) is 0 Å². The first-order valence-corrected chi connectivity index (χ1v) is 34.9. The topological polar surface area (TPSA) is 108 Å². The molecule has 0 rings (SSSR count). The van der Waals surface area contributed by atoms with Crippen molar-refractivity contribution in [2.75, 3.05) is 47.5 Å². The van der Waals surface area contributed by atoms with Gasteiger partial charge in [-0.3, -0.25) is 18.6 Å². The molecule has 0 aromatic carbocycles. The van der Waals surface area contributed by atoms with Crippen LogP contribution in [0.2, 0.25) is 0 Å². The predicted octanol–water partition coefficient (Wildman–Crippen LogP) is 21.2. The standard InChI is InChI=1S/C66H130NO8P/c1-6-8-10-12-14-16-18-20-22-24-25-26-27-28-29-30-31-32-33-34-35-36-37-38-39-40-41-43-45-47-49-51-53-55-57-59-66(69)75-64(63-74-76(70,71)73-61-60-67(3,4)5)62-72-65(68)58-56-54-52-50-48-46-44-42-23-21-19-17-15-13-11-9-7-2/h24-25,64H,6-23,26-63H2,1-5H3/p+1/b25-24-. The third-order valence-corrected chi connectivity index (χ3v) is 16.3. The molecule has 0 aromatic rings. The molecule has 0 aliphatic heterocycles. The molecule has 0 aliphatic rings. The number of rotatable bonds is 63. The van der Waals surface area contributed by atoms with Crippen molar-refractivity contribution in [1.82, 2.24) is 0 Å². The highest BCUT2D eigenvalue weighted by Gasteiger charge is 2.27. The number of carbonyl (C=O) groups excluding carboxylic acids is 2. The summed E-state index contributed by atoms with van der Waals surface area (Å²) in [5.74, 6) is -0.773. The average molecular weight is 1100 g/mol. The number of allylic oxidation sites excluding steroid dienone is 2. The van der Waals surface area contributed by atoms with E-state index in [0.717, 1.165) is 38.5 Å². The molecular weight excluding hydrogens is 966 g/mol. The van der Waals surface area contributed by atoms with E-state index in [1.165, 1.54) is 283 Å². The molecule has 2 unspecified atom stereocenters. The molecule has 0 saturated carbocycles. The first-order chi connectivity index (χ1) is 37.0. The Morgan fingerprint density at radius 2 is 0.671 bits per heavy atom. The molecule has 1 N–H and O–H groups in total. The number of esters is 2. The summed E-state index contributed by atoms with van der Waals surface area (Å²) >= 11 is 0. The molecule has 0 bridgehead atoms. The van der Waals surface area contributed by atoms with Gasteiger partial charge in [-0.1, -0.05) is 309 Å². The van der Waals surface area contributed by atoms with Crippen LogP contribution < -0.4 is 0 Å². The Balaban J connectivity index is 3.93. The van der Waals surface area contributed by atoms with Crippen LogP contribution in [0.4, 0.5) is 0 Å². The summed E-state index contributed by atoms with van der Waals surface area (Å²) in [5, 5.41) is 0. The lowest BCUT2D eigenvalue weighted by atomic mass is 10.0. The first kappa shape index (κ1) is 74.8. The van der Waals surface area contributed by atoms with Crippen LogP contribution in [0.15, 0.2) is 12.2 Å². The quantitative estimate of drug-likeness (QED) is 0.0211. The third kappa shape index (κ3) is 62.0. The van der Waals surface area contributed by atoms with Crippen molar-refractivity contribution in [3.63, 3.8) is 0 Å². The number of carbonyl (C=O) groups is 2. The minimum atomic E-state index is -4.38. The monoisotopic (exact) mass is 1100 g/mol. The predicted molar refractivity (Wildman–Crippen MR) is 326 cm³/mol. The van der Waals surface area contributed by atoms with E-state index in [4.69, 9.17) is 18.5 Å². The van der Waals surface area contributed by atoms with Gasteiger partial charge in [0.15, 0.2) is 6.10 Å². The summed E-state index contributed by atoms with van der Waals surface area (Å²) in [5.41, 5.74) is 0. The summed E-state index contributed by atoms with van der Waals surface area (Å²) in [7, 11) is 1.50. The summed E-state index contributed by atoms with van der Waals surface area (Å²) in [6.45, 7) is 4.51. The van der Waals surface area contributed by atoms with Gasteiger partial charge in [0.25, 0.3) is 0 Å². The Hall–Kier alpha value is -1.25. The number of phosphoric acid groups is 1.